The molecule has 2 aromatic carbocycles. The first-order valence-corrected chi connectivity index (χ1v) is 10.5. The molecule has 1 aliphatic heterocycles. The Bertz CT molecular complexity index is 1100. The number of hydrogen-bond donors (Lipinski definition) is 1. The first-order chi connectivity index (χ1) is 15.2. The molecule has 1 aliphatic rings. The minimum atomic E-state index is -0.476. The average molecular weight is 456 g/mol. The number of nitro benzene ring substituents is 1. The van der Waals surface area contributed by atoms with E-state index in [1.54, 1.807) is 29.2 Å². The van der Waals surface area contributed by atoms with E-state index in [1.165, 1.54) is 13.2 Å². The van der Waals surface area contributed by atoms with E-state index in [2.05, 4.69) is 5.32 Å². The van der Waals surface area contributed by atoms with E-state index >= 15 is 0 Å². The van der Waals surface area contributed by atoms with Crippen LogP contribution in [-0.4, -0.2) is 34.5 Å². The minimum absolute atomic E-state index is 0.0593. The summed E-state index contributed by atoms with van der Waals surface area (Å²) in [5.74, 6) is 0.870. The monoisotopic (exact) mass is 455 g/mol. The van der Waals surface area contributed by atoms with Crippen molar-refractivity contribution in [2.75, 3.05) is 13.7 Å². The molecule has 3 rings (SSSR count). The summed E-state index contributed by atoms with van der Waals surface area (Å²) in [6.07, 6.45) is 1.72. The maximum Gasteiger partial charge on any atom is 0.310 e. The summed E-state index contributed by atoms with van der Waals surface area (Å²) < 4.78 is 11.2. The number of nitrogens with zero attached hydrogens (tertiary/aromatic N) is 2. The van der Waals surface area contributed by atoms with Crippen LogP contribution in [0.15, 0.2) is 42.1 Å². The first-order valence-electron chi connectivity index (χ1n) is 10.1. The molecule has 8 nitrogen and oxygen atoms in total. The maximum atomic E-state index is 12.7. The van der Waals surface area contributed by atoms with Crippen LogP contribution >= 0.6 is 12.2 Å². The van der Waals surface area contributed by atoms with Crippen LogP contribution in [0.2, 0.25) is 0 Å². The van der Waals surface area contributed by atoms with E-state index < -0.39 is 4.92 Å². The Morgan fingerprint density at radius 2 is 1.97 bits per heavy atom. The molecule has 1 N–H and O–H groups in total. The van der Waals surface area contributed by atoms with E-state index in [0.29, 0.717) is 28.7 Å². The highest BCUT2D eigenvalue weighted by molar-refractivity contribution is 7.80. The van der Waals surface area contributed by atoms with Gasteiger partial charge >= 0.3 is 5.69 Å². The van der Waals surface area contributed by atoms with Crippen LogP contribution in [0.5, 0.6) is 11.5 Å². The smallest absolute Gasteiger partial charge is 0.310 e. The van der Waals surface area contributed by atoms with Gasteiger partial charge in [-0.25, -0.2) is 0 Å². The van der Waals surface area contributed by atoms with Gasteiger partial charge in [-0.1, -0.05) is 26.0 Å². The van der Waals surface area contributed by atoms with Crippen molar-refractivity contribution in [1.82, 2.24) is 10.2 Å². The summed E-state index contributed by atoms with van der Waals surface area (Å²) >= 11 is 5.29. The van der Waals surface area contributed by atoms with Crippen molar-refractivity contribution in [3.05, 3.63) is 68.9 Å². The minimum Gasteiger partial charge on any atom is -0.496 e. The molecule has 32 heavy (non-hydrogen) atoms. The zero-order valence-corrected chi connectivity index (χ0v) is 19.2. The topological polar surface area (TPSA) is 93.9 Å². The number of aryl methyl sites for hydroxylation is 1. The molecule has 1 heterocycles. The van der Waals surface area contributed by atoms with Crippen molar-refractivity contribution < 1.29 is 19.2 Å². The van der Waals surface area contributed by atoms with Crippen LogP contribution in [0, 0.1) is 23.0 Å². The van der Waals surface area contributed by atoms with Gasteiger partial charge in [0.1, 0.15) is 18.1 Å². The maximum absolute atomic E-state index is 12.7. The van der Waals surface area contributed by atoms with Crippen LogP contribution in [0.4, 0.5) is 5.69 Å². The van der Waals surface area contributed by atoms with Crippen molar-refractivity contribution in [3.8, 4) is 11.5 Å². The molecule has 0 unspecified atom stereocenters. The zero-order valence-electron chi connectivity index (χ0n) is 18.4. The fourth-order valence-corrected chi connectivity index (χ4v) is 3.58. The number of thiocarbonyl (C=S) groups is 1. The normalized spacial score (nSPS) is 14.8. The number of rotatable bonds is 8. The third kappa shape index (κ3) is 5.23. The Morgan fingerprint density at radius 1 is 1.22 bits per heavy atom. The second-order valence-corrected chi connectivity index (χ2v) is 8.27. The highest BCUT2D eigenvalue weighted by atomic mass is 32.1. The molecule has 1 saturated heterocycles. The third-order valence-electron chi connectivity index (χ3n) is 4.82. The van der Waals surface area contributed by atoms with Gasteiger partial charge in [-0.15, -0.1) is 0 Å². The Hall–Kier alpha value is -3.46. The van der Waals surface area contributed by atoms with Crippen LogP contribution in [0.1, 0.15) is 30.5 Å². The van der Waals surface area contributed by atoms with Crippen molar-refractivity contribution in [3.63, 3.8) is 0 Å². The average Bonchev–Trinajstić information content (AvgIpc) is 2.99. The molecule has 1 amide bonds. The van der Waals surface area contributed by atoms with E-state index in [9.17, 15) is 14.9 Å². The number of carbonyl (C=O) groups excluding carboxylic acids is 1. The van der Waals surface area contributed by atoms with E-state index in [1.807, 2.05) is 32.9 Å². The Kier molecular flexibility index (Phi) is 7.09. The Balaban J connectivity index is 1.85. The van der Waals surface area contributed by atoms with Crippen LogP contribution in [0.25, 0.3) is 6.08 Å². The molecule has 1 fully saturated rings. The fraction of sp³-hybridized carbons (Fsp3) is 0.304. The summed E-state index contributed by atoms with van der Waals surface area (Å²) in [6, 6.07) is 10.1. The largest absolute Gasteiger partial charge is 0.496 e. The standard InChI is InChI=1S/C23H25N3O5S/c1-14(2)12-25-22(27)18(24-23(25)32)11-16-6-8-20(30-4)17(10-16)13-31-21-9-15(3)5-7-19(21)26(28)29/h5-11,14H,12-13H2,1-4H3,(H,24,32)/b18-11+. The SMILES string of the molecule is COc1ccc(/C=C2/NC(=S)N(CC(C)C)C2=O)cc1COc1cc(C)ccc1[N+](=O)[O-]. The quantitative estimate of drug-likeness (QED) is 0.276. The molecule has 168 valence electrons. The second kappa shape index (κ2) is 9.78. The van der Waals surface area contributed by atoms with Gasteiger partial charge in [-0.3, -0.25) is 19.8 Å². The first kappa shape index (κ1) is 23.2. The van der Waals surface area contributed by atoms with E-state index in [-0.39, 0.29) is 29.9 Å². The molecule has 2 aromatic rings. The number of benzene rings is 2. The summed E-state index contributed by atoms with van der Waals surface area (Å²) in [6.45, 7) is 6.48. The second-order valence-electron chi connectivity index (χ2n) is 7.89. The molecule has 0 atom stereocenters. The number of ether oxygens (including phenoxy) is 2. The Labute approximate surface area is 192 Å². The number of nitrogens with one attached hydrogen (secondary N) is 1. The molecule has 0 bridgehead atoms. The Morgan fingerprint density at radius 3 is 2.62 bits per heavy atom. The lowest BCUT2D eigenvalue weighted by atomic mass is 10.1. The number of amides is 1. The van der Waals surface area contributed by atoms with Crippen LogP contribution in [-0.2, 0) is 11.4 Å². The molecule has 0 radical (unpaired) electrons. The van der Waals surface area contributed by atoms with Crippen molar-refractivity contribution in [1.29, 1.82) is 0 Å². The van der Waals surface area contributed by atoms with Gasteiger partial charge in [0, 0.05) is 18.2 Å². The number of methoxy groups -OCH3 is 1. The lowest BCUT2D eigenvalue weighted by molar-refractivity contribution is -0.386. The van der Waals surface area contributed by atoms with Gasteiger partial charge in [0.05, 0.1) is 12.0 Å². The van der Waals surface area contributed by atoms with Crippen molar-refractivity contribution >= 4 is 35.0 Å². The van der Waals surface area contributed by atoms with Gasteiger partial charge in [0.2, 0.25) is 0 Å². The highest BCUT2D eigenvalue weighted by Gasteiger charge is 2.30. The highest BCUT2D eigenvalue weighted by Crippen LogP contribution is 2.30. The molecule has 0 saturated carbocycles. The zero-order chi connectivity index (χ0) is 23.4. The lowest BCUT2D eigenvalue weighted by Crippen LogP contribution is -2.33. The van der Waals surface area contributed by atoms with Gasteiger partial charge < -0.3 is 14.8 Å². The third-order valence-corrected chi connectivity index (χ3v) is 5.14. The van der Waals surface area contributed by atoms with Gasteiger partial charge in [-0.2, -0.15) is 0 Å². The number of carbonyl (C=O) groups is 1. The molecule has 0 spiro atoms. The van der Waals surface area contributed by atoms with Crippen LogP contribution in [0.3, 0.4) is 0 Å². The summed E-state index contributed by atoms with van der Waals surface area (Å²) in [4.78, 5) is 25.1. The van der Waals surface area contributed by atoms with E-state index in [0.717, 1.165) is 11.1 Å². The van der Waals surface area contributed by atoms with E-state index in [4.69, 9.17) is 21.7 Å². The summed E-state index contributed by atoms with van der Waals surface area (Å²) in [5, 5.41) is 14.7. The predicted molar refractivity (Wildman–Crippen MR) is 125 cm³/mol. The van der Waals surface area contributed by atoms with Crippen molar-refractivity contribution in [2.45, 2.75) is 27.4 Å². The summed E-state index contributed by atoms with van der Waals surface area (Å²) in [5.41, 5.74) is 2.57. The fourth-order valence-electron chi connectivity index (χ4n) is 3.31. The van der Waals surface area contributed by atoms with Crippen LogP contribution < -0.4 is 14.8 Å². The molecule has 0 aromatic heterocycles. The number of nitro groups is 1. The van der Waals surface area contributed by atoms with Gasteiger partial charge in [-0.05, 0) is 60.5 Å². The van der Waals surface area contributed by atoms with Crippen molar-refractivity contribution in [2.24, 2.45) is 5.92 Å². The molecule has 0 aliphatic carbocycles. The van der Waals surface area contributed by atoms with Gasteiger partial charge in [0.15, 0.2) is 10.9 Å². The predicted octanol–water partition coefficient (Wildman–Crippen LogP) is 4.20. The molecular weight excluding hydrogens is 430 g/mol. The number of hydrogen-bond acceptors (Lipinski definition) is 6. The molecular formula is C23H25N3O5S. The van der Waals surface area contributed by atoms with Gasteiger partial charge in [0.25, 0.3) is 5.91 Å². The molecule has 9 heteroatoms. The lowest BCUT2D eigenvalue weighted by Gasteiger charge is -2.16. The summed E-state index contributed by atoms with van der Waals surface area (Å²) in [7, 11) is 1.54.